The Bertz CT molecular complexity index is 1850. The molecule has 0 aliphatic carbocycles. The molecule has 3 heterocycles. The number of hydrogen-bond acceptors (Lipinski definition) is 12. The van der Waals surface area contributed by atoms with Crippen molar-refractivity contribution in [1.29, 1.82) is 0 Å². The van der Waals surface area contributed by atoms with E-state index in [0.717, 1.165) is 42.0 Å². The van der Waals surface area contributed by atoms with Crippen LogP contribution in [0.5, 0.6) is 11.5 Å². The summed E-state index contributed by atoms with van der Waals surface area (Å²) < 4.78 is 50.1. The highest BCUT2D eigenvalue weighted by atomic mass is 32.2. The van der Waals surface area contributed by atoms with Crippen molar-refractivity contribution in [3.63, 3.8) is 0 Å². The summed E-state index contributed by atoms with van der Waals surface area (Å²) in [6, 6.07) is 13.1. The van der Waals surface area contributed by atoms with Gasteiger partial charge in [0.15, 0.2) is 16.0 Å². The predicted molar refractivity (Wildman–Crippen MR) is 190 cm³/mol. The average molecular weight is 741 g/mol. The van der Waals surface area contributed by atoms with Crippen LogP contribution in [0.2, 0.25) is 0 Å². The van der Waals surface area contributed by atoms with Gasteiger partial charge >= 0.3 is 11.9 Å². The number of aromatic carboxylic acids is 1. The van der Waals surface area contributed by atoms with Gasteiger partial charge in [-0.15, -0.1) is 0 Å². The topological polar surface area (TPSA) is 130 Å². The number of esters is 1. The molecule has 3 aromatic rings. The molecule has 1 amide bonds. The number of hydrogen-bond donors (Lipinski definition) is 2. The zero-order valence-electron chi connectivity index (χ0n) is 27.3. The summed E-state index contributed by atoms with van der Waals surface area (Å²) in [6.07, 6.45) is 1.59. The number of anilines is 1. The fourth-order valence-corrected chi connectivity index (χ4v) is 6.85. The van der Waals surface area contributed by atoms with Crippen molar-refractivity contribution in [3.8, 4) is 22.6 Å². The average Bonchev–Trinajstić information content (AvgIpc) is 3.40. The highest BCUT2D eigenvalue weighted by molar-refractivity contribution is 8.26. The molecule has 0 saturated carbocycles. The van der Waals surface area contributed by atoms with E-state index in [0.29, 0.717) is 80.8 Å². The van der Waals surface area contributed by atoms with Gasteiger partial charge in [0.05, 0.1) is 42.6 Å². The maximum Gasteiger partial charge on any atom is 0.337 e. The number of nitrogens with zero attached hydrogens (tertiary/aromatic N) is 3. The van der Waals surface area contributed by atoms with E-state index in [1.165, 1.54) is 18.2 Å². The lowest BCUT2D eigenvalue weighted by molar-refractivity contribution is -0.134. The van der Waals surface area contributed by atoms with Gasteiger partial charge < -0.3 is 29.0 Å². The highest BCUT2D eigenvalue weighted by Gasteiger charge is 2.33. The predicted octanol–water partition coefficient (Wildman–Crippen LogP) is 4.19. The summed E-state index contributed by atoms with van der Waals surface area (Å²) in [5.41, 5.74) is 4.68. The van der Waals surface area contributed by atoms with E-state index in [9.17, 15) is 28.3 Å². The number of thiocarbonyl (C=S) groups is 1. The van der Waals surface area contributed by atoms with Crippen LogP contribution in [-0.4, -0.2) is 109 Å². The third-order valence-electron chi connectivity index (χ3n) is 8.28. The summed E-state index contributed by atoms with van der Waals surface area (Å²) in [6.45, 7) is 5.46. The number of carboxylic acid groups (broad SMARTS) is 1. The van der Waals surface area contributed by atoms with Crippen molar-refractivity contribution in [1.82, 2.24) is 15.3 Å². The molecule has 16 heteroatoms. The molecule has 0 aromatic heterocycles. The van der Waals surface area contributed by atoms with Crippen molar-refractivity contribution in [2.45, 2.75) is 0 Å². The zero-order chi connectivity index (χ0) is 35.9. The Morgan fingerprint density at radius 3 is 2.37 bits per heavy atom. The number of amides is 1. The third kappa shape index (κ3) is 9.08. The fourth-order valence-electron chi connectivity index (χ4n) is 5.64. The molecule has 3 aliphatic rings. The number of halogens is 2. The van der Waals surface area contributed by atoms with Crippen LogP contribution in [-0.2, 0) is 19.1 Å². The Kier molecular flexibility index (Phi) is 11.9. The number of carbonyl (C=O) groups excluding carboxylic acids is 2. The molecule has 6 rings (SSSR count). The van der Waals surface area contributed by atoms with Crippen molar-refractivity contribution < 1.29 is 47.2 Å². The van der Waals surface area contributed by atoms with Crippen molar-refractivity contribution in [3.05, 3.63) is 82.3 Å². The minimum Gasteiger partial charge on any atom is -0.492 e. The van der Waals surface area contributed by atoms with E-state index >= 15 is 0 Å². The Morgan fingerprint density at radius 1 is 0.941 bits per heavy atom. The third-order valence-corrected chi connectivity index (χ3v) is 9.58. The van der Waals surface area contributed by atoms with Gasteiger partial charge in [-0.05, 0) is 59.7 Å². The fraction of sp³-hybridized carbons (Fsp3) is 0.314. The van der Waals surface area contributed by atoms with Gasteiger partial charge in [0.2, 0.25) is 0 Å². The van der Waals surface area contributed by atoms with Crippen molar-refractivity contribution in [2.24, 2.45) is 0 Å². The minimum absolute atomic E-state index is 0.0182. The number of ether oxygens (including phenoxy) is 4. The van der Waals surface area contributed by atoms with Gasteiger partial charge in [0.1, 0.15) is 24.7 Å². The number of hydrazine groups is 1. The lowest BCUT2D eigenvalue weighted by atomic mass is 10.0. The van der Waals surface area contributed by atoms with Crippen LogP contribution in [0, 0.1) is 11.6 Å². The number of carboxylic acids is 1. The Hall–Kier alpha value is -4.45. The molecule has 3 fully saturated rings. The van der Waals surface area contributed by atoms with Crippen LogP contribution in [0.15, 0.2) is 59.5 Å². The van der Waals surface area contributed by atoms with Crippen LogP contribution < -0.4 is 19.8 Å². The standard InChI is InChI=1S/C35H34F2N4O8S2/c36-27-4-1-23(18-28(27)37)22-2-6-30(48-16-9-39-7-12-46-13-8-39)24(17-22)19-31-33(43)41(35(50)51-31)38-21-32(42)49-25-3-5-29(26(20-25)34(44)45)40-10-14-47-15-11-40/h1-6,17-20,38H,7-16,21H2,(H,44,45)/b31-19-. The number of morpholine rings is 2. The Morgan fingerprint density at radius 2 is 1.65 bits per heavy atom. The van der Waals surface area contributed by atoms with E-state index in [4.69, 9.17) is 31.2 Å². The molecule has 12 nitrogen and oxygen atoms in total. The maximum atomic E-state index is 14.1. The summed E-state index contributed by atoms with van der Waals surface area (Å²) in [5.74, 6) is -3.93. The monoisotopic (exact) mass is 740 g/mol. The molecule has 3 saturated heterocycles. The molecule has 51 heavy (non-hydrogen) atoms. The molecule has 3 aliphatic heterocycles. The van der Waals surface area contributed by atoms with E-state index in [-0.39, 0.29) is 20.5 Å². The van der Waals surface area contributed by atoms with Gasteiger partial charge in [0.25, 0.3) is 5.91 Å². The number of carbonyl (C=O) groups is 3. The first kappa shape index (κ1) is 36.3. The normalized spacial score (nSPS) is 17.6. The minimum atomic E-state index is -1.17. The second kappa shape index (κ2) is 16.7. The van der Waals surface area contributed by atoms with Gasteiger partial charge in [-0.25, -0.2) is 24.0 Å². The molecule has 0 atom stereocenters. The molecule has 0 radical (unpaired) electrons. The number of thioether (sulfide) groups is 1. The second-order valence-corrected chi connectivity index (χ2v) is 13.3. The molecule has 268 valence electrons. The van der Waals surface area contributed by atoms with Crippen molar-refractivity contribution in [2.75, 3.05) is 77.2 Å². The molecule has 2 N–H and O–H groups in total. The molecule has 0 spiro atoms. The smallest absolute Gasteiger partial charge is 0.337 e. The summed E-state index contributed by atoms with van der Waals surface area (Å²) in [7, 11) is 0. The van der Waals surface area contributed by atoms with Gasteiger partial charge in [-0.2, -0.15) is 0 Å². The van der Waals surface area contributed by atoms with Crippen LogP contribution in [0.3, 0.4) is 0 Å². The Labute approximate surface area is 301 Å². The van der Waals surface area contributed by atoms with E-state index in [1.807, 2.05) is 4.90 Å². The van der Waals surface area contributed by atoms with Crippen LogP contribution in [0.4, 0.5) is 14.5 Å². The Balaban J connectivity index is 1.14. The summed E-state index contributed by atoms with van der Waals surface area (Å²) in [4.78, 5) is 42.5. The lowest BCUT2D eigenvalue weighted by Gasteiger charge is -2.30. The van der Waals surface area contributed by atoms with Gasteiger partial charge in [-0.3, -0.25) is 14.5 Å². The first-order chi connectivity index (χ1) is 24.7. The molecule has 0 unspecified atom stereocenters. The van der Waals surface area contributed by atoms with Crippen LogP contribution >= 0.6 is 24.0 Å². The molecular formula is C35H34F2N4O8S2. The van der Waals surface area contributed by atoms with Crippen LogP contribution in [0.25, 0.3) is 17.2 Å². The zero-order valence-corrected chi connectivity index (χ0v) is 28.9. The van der Waals surface area contributed by atoms with E-state index in [2.05, 4.69) is 10.3 Å². The van der Waals surface area contributed by atoms with Gasteiger partial charge in [0, 0.05) is 38.3 Å². The SMILES string of the molecule is O=C(CNN1C(=O)/C(=C/c2cc(-c3ccc(F)c(F)c3)ccc2OCCN2CCOCC2)SC1=S)Oc1ccc(N2CCOCC2)c(C(=O)O)c1. The number of benzene rings is 3. The molecule has 0 bridgehead atoms. The van der Waals surface area contributed by atoms with Crippen LogP contribution in [0.1, 0.15) is 15.9 Å². The lowest BCUT2D eigenvalue weighted by Crippen LogP contribution is -2.44. The van der Waals surface area contributed by atoms with E-state index in [1.54, 1.807) is 30.3 Å². The number of rotatable bonds is 12. The first-order valence-electron chi connectivity index (χ1n) is 16.1. The molecular weight excluding hydrogens is 707 g/mol. The largest absolute Gasteiger partial charge is 0.492 e. The maximum absolute atomic E-state index is 14.1. The quantitative estimate of drug-likeness (QED) is 0.119. The van der Waals surface area contributed by atoms with Gasteiger partial charge in [-0.1, -0.05) is 36.1 Å². The molecule has 3 aromatic carbocycles. The van der Waals surface area contributed by atoms with E-state index < -0.39 is 36.0 Å². The summed E-state index contributed by atoms with van der Waals surface area (Å²) in [5, 5.41) is 10.8. The first-order valence-corrected chi connectivity index (χ1v) is 17.3. The number of nitrogens with one attached hydrogen (secondary N) is 1. The summed E-state index contributed by atoms with van der Waals surface area (Å²) >= 11 is 6.43. The second-order valence-electron chi connectivity index (χ2n) is 11.6. The van der Waals surface area contributed by atoms with Crippen molar-refractivity contribution >= 4 is 57.9 Å². The highest BCUT2D eigenvalue weighted by Crippen LogP contribution is 2.35.